The third-order valence-electron chi connectivity index (χ3n) is 7.52. The first-order valence-corrected chi connectivity index (χ1v) is 12.3. The minimum atomic E-state index is -0.613. The first kappa shape index (κ1) is 23.8. The van der Waals surface area contributed by atoms with Crippen LogP contribution in [0.5, 0.6) is 0 Å². The van der Waals surface area contributed by atoms with Crippen molar-refractivity contribution < 1.29 is 14.4 Å². The summed E-state index contributed by atoms with van der Waals surface area (Å²) in [5.74, 6) is 0.336. The van der Waals surface area contributed by atoms with Gasteiger partial charge in [0.05, 0.1) is 35.3 Å². The van der Waals surface area contributed by atoms with Crippen molar-refractivity contribution in [2.45, 2.75) is 32.7 Å². The van der Waals surface area contributed by atoms with Gasteiger partial charge in [-0.1, -0.05) is 13.0 Å². The fraction of sp³-hybridized carbons (Fsp3) is 0.407. The van der Waals surface area contributed by atoms with Crippen molar-refractivity contribution >= 4 is 41.2 Å². The molecule has 0 aromatic heterocycles. The van der Waals surface area contributed by atoms with E-state index in [1.54, 1.807) is 42.1 Å². The van der Waals surface area contributed by atoms with E-state index in [1.807, 2.05) is 37.3 Å². The first-order chi connectivity index (χ1) is 17.3. The van der Waals surface area contributed by atoms with Gasteiger partial charge in [-0.25, -0.2) is 9.98 Å². The van der Waals surface area contributed by atoms with E-state index in [4.69, 9.17) is 4.99 Å². The van der Waals surface area contributed by atoms with Crippen molar-refractivity contribution in [1.82, 2.24) is 9.80 Å². The number of anilines is 1. The van der Waals surface area contributed by atoms with Crippen molar-refractivity contribution in [3.63, 3.8) is 0 Å². The van der Waals surface area contributed by atoms with Gasteiger partial charge >= 0.3 is 0 Å². The number of benzene rings is 1. The smallest absolute Gasteiger partial charge is 0.253 e. The highest BCUT2D eigenvalue weighted by Gasteiger charge is 2.45. The standard InChI is InChI=1S/C27H30N6O3/c1-17-14-28-23-5-4-6-24-27(23,13-22(17)35)16-29-26(31-24)30-20-9-7-19(8-10-20)25(36)33-12-11-21(15-33)32(3)18(2)34/h4-10,14,17,21H,11-13,15-16H2,1-3H3,(H,29,30). The summed E-state index contributed by atoms with van der Waals surface area (Å²) in [5.41, 5.74) is 2.35. The predicted molar refractivity (Wildman–Crippen MR) is 139 cm³/mol. The number of nitrogens with zero attached hydrogens (tertiary/aromatic N) is 5. The predicted octanol–water partition coefficient (Wildman–Crippen LogP) is 2.72. The van der Waals surface area contributed by atoms with E-state index in [9.17, 15) is 14.4 Å². The molecule has 0 radical (unpaired) electrons. The SMILES string of the molecule is CC(=O)N(C)C1CCN(C(=O)c2ccc(NC3=NCC45CC(=O)C(C)C=NC4=CC=CC5=N3)cc2)C1. The highest BCUT2D eigenvalue weighted by molar-refractivity contribution is 6.15. The maximum Gasteiger partial charge on any atom is 0.253 e. The average molecular weight is 487 g/mol. The van der Waals surface area contributed by atoms with Gasteiger partial charge in [-0.3, -0.25) is 19.4 Å². The topological polar surface area (TPSA) is 107 Å². The molecule has 9 nitrogen and oxygen atoms in total. The van der Waals surface area contributed by atoms with Gasteiger partial charge in [0.15, 0.2) is 0 Å². The van der Waals surface area contributed by atoms with Crippen LogP contribution in [0.2, 0.25) is 0 Å². The first-order valence-electron chi connectivity index (χ1n) is 12.3. The van der Waals surface area contributed by atoms with E-state index in [0.717, 1.165) is 23.5 Å². The molecular weight excluding hydrogens is 456 g/mol. The monoisotopic (exact) mass is 486 g/mol. The Balaban J connectivity index is 1.26. The molecule has 1 N–H and O–H groups in total. The molecule has 0 bridgehead atoms. The normalized spacial score (nSPS) is 26.8. The van der Waals surface area contributed by atoms with Crippen LogP contribution in [0.4, 0.5) is 5.69 Å². The number of Topliss-reactive ketones (excluding diaryl/α,β-unsaturated/α-hetero) is 1. The molecule has 186 valence electrons. The largest absolute Gasteiger partial charge is 0.341 e. The zero-order valence-corrected chi connectivity index (χ0v) is 20.8. The molecule has 3 unspecified atom stereocenters. The van der Waals surface area contributed by atoms with Crippen molar-refractivity contribution in [2.24, 2.45) is 26.3 Å². The number of guanidine groups is 1. The number of hydrogen-bond donors (Lipinski definition) is 1. The Morgan fingerprint density at radius 2 is 2.00 bits per heavy atom. The molecule has 1 aromatic rings. The van der Waals surface area contributed by atoms with Gasteiger partial charge in [0.25, 0.3) is 5.91 Å². The number of hydrogen-bond acceptors (Lipinski definition) is 7. The number of amides is 2. The van der Waals surface area contributed by atoms with Crippen LogP contribution in [0, 0.1) is 11.3 Å². The molecule has 1 fully saturated rings. The Bertz CT molecular complexity index is 1260. The van der Waals surface area contributed by atoms with Crippen LogP contribution >= 0.6 is 0 Å². The molecule has 1 aromatic carbocycles. The van der Waals surface area contributed by atoms with Gasteiger partial charge in [-0.15, -0.1) is 0 Å². The zero-order valence-electron chi connectivity index (χ0n) is 20.8. The van der Waals surface area contributed by atoms with Crippen LogP contribution in [0.15, 0.2) is 63.2 Å². The summed E-state index contributed by atoms with van der Waals surface area (Å²) in [6.45, 7) is 4.97. The number of likely N-dealkylation sites (tertiary alicyclic amines) is 1. The third-order valence-corrected chi connectivity index (χ3v) is 7.52. The van der Waals surface area contributed by atoms with E-state index in [0.29, 0.717) is 37.6 Å². The van der Waals surface area contributed by atoms with Crippen LogP contribution in [0.1, 0.15) is 37.0 Å². The summed E-state index contributed by atoms with van der Waals surface area (Å²) in [4.78, 5) is 54.7. The van der Waals surface area contributed by atoms with Gasteiger partial charge in [0.1, 0.15) is 5.78 Å². The van der Waals surface area contributed by atoms with Crippen LogP contribution in [-0.4, -0.2) is 78.0 Å². The van der Waals surface area contributed by atoms with Gasteiger partial charge in [-0.2, -0.15) is 0 Å². The second-order valence-corrected chi connectivity index (χ2v) is 9.87. The van der Waals surface area contributed by atoms with Crippen molar-refractivity contribution in [3.05, 3.63) is 53.8 Å². The number of allylic oxidation sites excluding steroid dienone is 3. The van der Waals surface area contributed by atoms with E-state index < -0.39 is 5.41 Å². The lowest BCUT2D eigenvalue weighted by atomic mass is 9.72. The number of carbonyl (C=O) groups excluding carboxylic acids is 3. The molecule has 9 heteroatoms. The quantitative estimate of drug-likeness (QED) is 0.709. The van der Waals surface area contributed by atoms with E-state index >= 15 is 0 Å². The minimum Gasteiger partial charge on any atom is -0.341 e. The number of aliphatic imine (C=N–C) groups is 3. The maximum absolute atomic E-state index is 13.0. The molecular formula is C27H30N6O3. The van der Waals surface area contributed by atoms with Crippen LogP contribution in [0.3, 0.4) is 0 Å². The maximum atomic E-state index is 13.0. The summed E-state index contributed by atoms with van der Waals surface area (Å²) in [6.07, 6.45) is 8.59. The van der Waals surface area contributed by atoms with Crippen molar-refractivity contribution in [3.8, 4) is 0 Å². The van der Waals surface area contributed by atoms with Gasteiger partial charge in [0.2, 0.25) is 11.9 Å². The number of carbonyl (C=O) groups is 3. The Kier molecular flexibility index (Phi) is 6.15. The minimum absolute atomic E-state index is 0.00809. The Morgan fingerprint density at radius 1 is 1.22 bits per heavy atom. The average Bonchev–Trinajstić information content (AvgIpc) is 3.32. The lowest BCUT2D eigenvalue weighted by Gasteiger charge is -2.35. The fourth-order valence-electron chi connectivity index (χ4n) is 5.06. The summed E-state index contributed by atoms with van der Waals surface area (Å²) in [5, 5.41) is 3.23. The number of ketones is 1. The molecule has 0 saturated carbocycles. The molecule has 1 aliphatic carbocycles. The lowest BCUT2D eigenvalue weighted by Crippen LogP contribution is -2.42. The molecule has 3 atom stereocenters. The van der Waals surface area contributed by atoms with E-state index in [2.05, 4.69) is 15.3 Å². The molecule has 3 heterocycles. The molecule has 1 spiro atoms. The third kappa shape index (κ3) is 4.29. The Morgan fingerprint density at radius 3 is 2.75 bits per heavy atom. The zero-order chi connectivity index (χ0) is 25.4. The van der Waals surface area contributed by atoms with Gasteiger partial charge in [0, 0.05) is 50.9 Å². The molecule has 2 amide bonds. The number of nitrogens with one attached hydrogen (secondary N) is 1. The van der Waals surface area contributed by atoms with Crippen molar-refractivity contribution in [1.29, 1.82) is 0 Å². The van der Waals surface area contributed by atoms with Crippen LogP contribution in [0.25, 0.3) is 0 Å². The summed E-state index contributed by atoms with van der Waals surface area (Å²) < 4.78 is 0. The number of rotatable bonds is 3. The summed E-state index contributed by atoms with van der Waals surface area (Å²) >= 11 is 0. The lowest BCUT2D eigenvalue weighted by molar-refractivity contribution is -0.129. The molecule has 4 aliphatic rings. The van der Waals surface area contributed by atoms with Crippen molar-refractivity contribution in [2.75, 3.05) is 32.0 Å². The van der Waals surface area contributed by atoms with E-state index in [1.165, 1.54) is 0 Å². The second-order valence-electron chi connectivity index (χ2n) is 9.87. The van der Waals surface area contributed by atoms with Gasteiger partial charge in [-0.05, 0) is 42.8 Å². The summed E-state index contributed by atoms with van der Waals surface area (Å²) in [7, 11) is 1.78. The molecule has 3 aliphatic heterocycles. The number of likely N-dealkylation sites (N-methyl/N-ethyl adjacent to an activating group) is 1. The molecule has 5 rings (SSSR count). The Hall–Kier alpha value is -3.88. The molecule has 1 saturated heterocycles. The summed E-state index contributed by atoms with van der Waals surface area (Å²) in [6, 6.07) is 7.29. The van der Waals surface area contributed by atoms with Crippen LogP contribution in [-0.2, 0) is 9.59 Å². The second kappa shape index (κ2) is 9.29. The van der Waals surface area contributed by atoms with E-state index in [-0.39, 0.29) is 29.6 Å². The highest BCUT2D eigenvalue weighted by atomic mass is 16.2. The van der Waals surface area contributed by atoms with Gasteiger partial charge < -0.3 is 15.1 Å². The molecule has 36 heavy (non-hydrogen) atoms. The Labute approximate surface area is 210 Å². The fourth-order valence-corrected chi connectivity index (χ4v) is 5.06. The highest BCUT2D eigenvalue weighted by Crippen LogP contribution is 2.41. The van der Waals surface area contributed by atoms with Crippen LogP contribution < -0.4 is 5.32 Å².